The Hall–Kier alpha value is -1.40. The number of halogens is 1. The topological polar surface area (TPSA) is 59.4 Å². The molecular formula is C12H10BrNO3S. The van der Waals surface area contributed by atoms with Gasteiger partial charge in [-0.1, -0.05) is 34.2 Å². The van der Waals surface area contributed by atoms with Crippen molar-refractivity contribution in [3.05, 3.63) is 39.3 Å². The molecule has 1 heterocycles. The number of carbonyl (C=O) groups is 1. The number of hydrogen-bond donors (Lipinski definition) is 1. The summed E-state index contributed by atoms with van der Waals surface area (Å²) >= 11 is 4.64. The van der Waals surface area contributed by atoms with Gasteiger partial charge in [0.15, 0.2) is 0 Å². The van der Waals surface area contributed by atoms with E-state index < -0.39 is 5.97 Å². The average Bonchev–Trinajstić information content (AvgIpc) is 2.76. The highest BCUT2D eigenvalue weighted by Gasteiger charge is 2.14. The summed E-state index contributed by atoms with van der Waals surface area (Å²) in [6, 6.07) is 4.78. The van der Waals surface area contributed by atoms with Crippen molar-refractivity contribution >= 4 is 33.2 Å². The van der Waals surface area contributed by atoms with Crippen LogP contribution < -0.4 is 4.74 Å². The van der Waals surface area contributed by atoms with Gasteiger partial charge >= 0.3 is 5.97 Å². The third-order valence-corrected chi connectivity index (χ3v) is 3.52. The maximum absolute atomic E-state index is 11.1. The molecule has 0 aliphatic rings. The van der Waals surface area contributed by atoms with Crippen molar-refractivity contribution in [2.24, 2.45) is 0 Å². The fraction of sp³-hybridized carbons (Fsp3) is 0.167. The van der Waals surface area contributed by atoms with E-state index >= 15 is 0 Å². The van der Waals surface area contributed by atoms with Gasteiger partial charge in [-0.05, 0) is 24.6 Å². The Morgan fingerprint density at radius 1 is 1.56 bits per heavy atom. The molecule has 0 aliphatic carbocycles. The number of benzene rings is 1. The number of ether oxygens (including phenoxy) is 1. The van der Waals surface area contributed by atoms with Gasteiger partial charge in [0.1, 0.15) is 11.3 Å². The second kappa shape index (κ2) is 5.49. The van der Waals surface area contributed by atoms with E-state index in [1.165, 1.54) is 17.4 Å². The molecule has 0 atom stereocenters. The van der Waals surface area contributed by atoms with Crippen molar-refractivity contribution in [2.45, 2.75) is 13.3 Å². The standard InChI is InChI=1S/C12H10BrNO3S/c1-2-8-6-18-12(14-8)17-10-5-7(13)3-4-9(10)11(15)16/h3-6H,2H2,1H3,(H,15,16). The van der Waals surface area contributed by atoms with E-state index in [2.05, 4.69) is 20.9 Å². The van der Waals surface area contributed by atoms with Gasteiger partial charge in [0.25, 0.3) is 5.19 Å². The van der Waals surface area contributed by atoms with Crippen LogP contribution in [0, 0.1) is 0 Å². The normalized spacial score (nSPS) is 10.3. The fourth-order valence-electron chi connectivity index (χ4n) is 1.35. The molecule has 6 heteroatoms. The zero-order valence-electron chi connectivity index (χ0n) is 9.51. The summed E-state index contributed by atoms with van der Waals surface area (Å²) in [6.45, 7) is 2.00. The number of carboxylic acid groups (broad SMARTS) is 1. The van der Waals surface area contributed by atoms with Crippen LogP contribution in [0.2, 0.25) is 0 Å². The number of carboxylic acids is 1. The SMILES string of the molecule is CCc1csc(Oc2cc(Br)ccc2C(=O)O)n1. The molecule has 0 aliphatic heterocycles. The maximum Gasteiger partial charge on any atom is 0.339 e. The van der Waals surface area contributed by atoms with Crippen molar-refractivity contribution in [3.8, 4) is 10.9 Å². The zero-order chi connectivity index (χ0) is 13.1. The van der Waals surface area contributed by atoms with Crippen LogP contribution in [0.4, 0.5) is 0 Å². The van der Waals surface area contributed by atoms with Gasteiger partial charge < -0.3 is 9.84 Å². The van der Waals surface area contributed by atoms with Crippen LogP contribution in [0.15, 0.2) is 28.1 Å². The van der Waals surface area contributed by atoms with Gasteiger partial charge in [0.2, 0.25) is 0 Å². The van der Waals surface area contributed by atoms with E-state index in [1.807, 2.05) is 12.3 Å². The molecule has 1 N–H and O–H groups in total. The van der Waals surface area contributed by atoms with E-state index in [9.17, 15) is 4.79 Å². The van der Waals surface area contributed by atoms with E-state index in [1.54, 1.807) is 12.1 Å². The van der Waals surface area contributed by atoms with Crippen molar-refractivity contribution in [2.75, 3.05) is 0 Å². The molecule has 2 rings (SSSR count). The third kappa shape index (κ3) is 2.88. The van der Waals surface area contributed by atoms with Gasteiger partial charge in [0, 0.05) is 9.85 Å². The Bertz CT molecular complexity index is 582. The van der Waals surface area contributed by atoms with Crippen molar-refractivity contribution in [1.29, 1.82) is 0 Å². The number of aromatic nitrogens is 1. The third-order valence-electron chi connectivity index (χ3n) is 2.26. The molecular weight excluding hydrogens is 318 g/mol. The first-order valence-electron chi connectivity index (χ1n) is 5.25. The zero-order valence-corrected chi connectivity index (χ0v) is 11.9. The minimum atomic E-state index is -1.02. The highest BCUT2D eigenvalue weighted by Crippen LogP contribution is 2.30. The molecule has 4 nitrogen and oxygen atoms in total. The first-order valence-corrected chi connectivity index (χ1v) is 6.92. The largest absolute Gasteiger partial charge is 0.478 e. The lowest BCUT2D eigenvalue weighted by atomic mass is 10.2. The predicted molar refractivity (Wildman–Crippen MR) is 72.7 cm³/mol. The summed E-state index contributed by atoms with van der Waals surface area (Å²) in [4.78, 5) is 15.3. The lowest BCUT2D eigenvalue weighted by Crippen LogP contribution is -1.99. The van der Waals surface area contributed by atoms with Gasteiger partial charge in [-0.3, -0.25) is 0 Å². The van der Waals surface area contributed by atoms with Gasteiger partial charge in [-0.15, -0.1) is 0 Å². The monoisotopic (exact) mass is 327 g/mol. The Morgan fingerprint density at radius 3 is 2.94 bits per heavy atom. The van der Waals surface area contributed by atoms with Crippen LogP contribution in [-0.4, -0.2) is 16.1 Å². The molecule has 1 aromatic carbocycles. The van der Waals surface area contributed by atoms with Crippen LogP contribution in [0.5, 0.6) is 10.9 Å². The Labute approximate surface area is 116 Å². The van der Waals surface area contributed by atoms with Crippen LogP contribution in [0.1, 0.15) is 23.0 Å². The molecule has 0 fully saturated rings. The number of aromatic carboxylic acids is 1. The van der Waals surface area contributed by atoms with E-state index in [0.29, 0.717) is 5.19 Å². The highest BCUT2D eigenvalue weighted by molar-refractivity contribution is 9.10. The molecule has 18 heavy (non-hydrogen) atoms. The minimum Gasteiger partial charge on any atom is -0.478 e. The number of aryl methyl sites for hydroxylation is 1. The number of thiazole rings is 1. The summed E-state index contributed by atoms with van der Waals surface area (Å²) in [5.41, 5.74) is 1.05. The minimum absolute atomic E-state index is 0.117. The smallest absolute Gasteiger partial charge is 0.339 e. The van der Waals surface area contributed by atoms with E-state index in [-0.39, 0.29) is 11.3 Å². The number of nitrogens with zero attached hydrogens (tertiary/aromatic N) is 1. The number of rotatable bonds is 4. The Morgan fingerprint density at radius 2 is 2.33 bits per heavy atom. The molecule has 1 aromatic heterocycles. The van der Waals surface area contributed by atoms with Crippen LogP contribution >= 0.6 is 27.3 Å². The first-order chi connectivity index (χ1) is 8.60. The Balaban J connectivity index is 2.32. The quantitative estimate of drug-likeness (QED) is 0.923. The molecule has 0 bridgehead atoms. The lowest BCUT2D eigenvalue weighted by molar-refractivity contribution is 0.0694. The molecule has 0 radical (unpaired) electrons. The van der Waals surface area contributed by atoms with Crippen LogP contribution in [0.25, 0.3) is 0 Å². The second-order valence-corrected chi connectivity index (χ2v) is 5.24. The molecule has 0 saturated heterocycles. The lowest BCUT2D eigenvalue weighted by Gasteiger charge is -2.06. The van der Waals surface area contributed by atoms with Gasteiger partial charge in [-0.2, -0.15) is 0 Å². The molecule has 0 saturated carbocycles. The fourth-order valence-corrected chi connectivity index (χ4v) is 2.45. The molecule has 2 aromatic rings. The highest BCUT2D eigenvalue weighted by atomic mass is 79.9. The summed E-state index contributed by atoms with van der Waals surface area (Å²) in [5, 5.41) is 11.4. The average molecular weight is 328 g/mol. The predicted octanol–water partition coefficient (Wildman–Crippen LogP) is 3.96. The second-order valence-electron chi connectivity index (χ2n) is 3.51. The first kappa shape index (κ1) is 13.0. The summed E-state index contributed by atoms with van der Waals surface area (Å²) in [6.07, 6.45) is 0.824. The van der Waals surface area contributed by atoms with Crippen LogP contribution in [0.3, 0.4) is 0 Å². The van der Waals surface area contributed by atoms with Gasteiger partial charge in [0.05, 0.1) is 5.69 Å². The van der Waals surface area contributed by atoms with Crippen molar-refractivity contribution in [3.63, 3.8) is 0 Å². The Kier molecular flexibility index (Phi) is 3.98. The van der Waals surface area contributed by atoms with E-state index in [4.69, 9.17) is 9.84 Å². The van der Waals surface area contributed by atoms with E-state index in [0.717, 1.165) is 16.6 Å². The van der Waals surface area contributed by atoms with Crippen molar-refractivity contribution < 1.29 is 14.6 Å². The van der Waals surface area contributed by atoms with Crippen molar-refractivity contribution in [1.82, 2.24) is 4.98 Å². The summed E-state index contributed by atoms with van der Waals surface area (Å²) < 4.78 is 6.29. The molecule has 94 valence electrons. The maximum atomic E-state index is 11.1. The summed E-state index contributed by atoms with van der Waals surface area (Å²) in [5.74, 6) is -0.737. The molecule has 0 unspecified atom stereocenters. The van der Waals surface area contributed by atoms with Gasteiger partial charge in [-0.25, -0.2) is 9.78 Å². The molecule has 0 spiro atoms. The number of hydrogen-bond acceptors (Lipinski definition) is 4. The van der Waals surface area contributed by atoms with Crippen LogP contribution in [-0.2, 0) is 6.42 Å². The summed E-state index contributed by atoms with van der Waals surface area (Å²) in [7, 11) is 0. The molecule has 0 amide bonds.